The number of thiophene rings is 1. The maximum absolute atomic E-state index is 9.13. The fourth-order valence-electron chi connectivity index (χ4n) is 0.958. The van der Waals surface area contributed by atoms with Crippen molar-refractivity contribution in [2.45, 2.75) is 0 Å². The van der Waals surface area contributed by atoms with Gasteiger partial charge in [0.25, 0.3) is 0 Å². The average molecular weight is 154 g/mol. The minimum absolute atomic E-state index is 0.624. The van der Waals surface area contributed by atoms with Crippen molar-refractivity contribution in [3.05, 3.63) is 17.6 Å². The highest BCUT2D eigenvalue weighted by molar-refractivity contribution is 7.16. The lowest BCUT2D eigenvalue weighted by atomic mass is 10.4. The first-order valence-corrected chi connectivity index (χ1v) is 3.70. The zero-order chi connectivity index (χ0) is 7.14. The molecule has 0 saturated heterocycles. The van der Waals surface area contributed by atoms with Crippen LogP contribution in [0.4, 0.5) is 5.69 Å². The van der Waals surface area contributed by atoms with E-state index in [1.54, 1.807) is 0 Å². The van der Waals surface area contributed by atoms with Crippen molar-refractivity contribution in [2.24, 2.45) is 0 Å². The molecule has 2 aromatic rings. The molecule has 2 heterocycles. The van der Waals surface area contributed by atoms with Crippen molar-refractivity contribution in [1.29, 1.82) is 0 Å². The minimum atomic E-state index is 0.624. The van der Waals surface area contributed by atoms with Crippen LogP contribution >= 0.6 is 11.3 Å². The summed E-state index contributed by atoms with van der Waals surface area (Å²) in [6, 6.07) is 1.89. The number of nitrogen functional groups attached to an aromatic ring is 1. The molecular weight excluding hydrogens is 148 g/mol. The van der Waals surface area contributed by atoms with Gasteiger partial charge in [-0.1, -0.05) is 0 Å². The normalized spacial score (nSPS) is 10.8. The molecule has 2 rings (SSSR count). The van der Waals surface area contributed by atoms with Gasteiger partial charge in [-0.05, 0) is 11.4 Å². The van der Waals surface area contributed by atoms with Gasteiger partial charge in [0.05, 0.1) is 11.9 Å². The highest BCUT2D eigenvalue weighted by atomic mass is 32.1. The van der Waals surface area contributed by atoms with Crippen molar-refractivity contribution in [3.63, 3.8) is 0 Å². The maximum atomic E-state index is 9.13. The Morgan fingerprint density at radius 1 is 1.60 bits per heavy atom. The van der Waals surface area contributed by atoms with E-state index in [9.17, 15) is 0 Å². The summed E-state index contributed by atoms with van der Waals surface area (Å²) in [6.07, 6.45) is 1.50. The summed E-state index contributed by atoms with van der Waals surface area (Å²) in [5.41, 5.74) is 6.17. The first-order valence-electron chi connectivity index (χ1n) is 2.82. The molecule has 3 nitrogen and oxygen atoms in total. The van der Waals surface area contributed by atoms with Gasteiger partial charge >= 0.3 is 0 Å². The quantitative estimate of drug-likeness (QED) is 0.565. The van der Waals surface area contributed by atoms with Gasteiger partial charge in [-0.2, -0.15) is 4.73 Å². The molecule has 3 N–H and O–H groups in total. The average Bonchev–Trinajstić information content (AvgIpc) is 2.39. The number of anilines is 1. The molecule has 2 aromatic heterocycles. The third-order valence-corrected chi connectivity index (χ3v) is 2.33. The van der Waals surface area contributed by atoms with Gasteiger partial charge in [-0.15, -0.1) is 11.3 Å². The Balaban J connectivity index is 2.98. The lowest BCUT2D eigenvalue weighted by molar-refractivity contribution is 0.202. The van der Waals surface area contributed by atoms with Crippen LogP contribution in [0.2, 0.25) is 0 Å². The molecule has 0 unspecified atom stereocenters. The SMILES string of the molecule is Nc1cn(O)c2sccc12. The van der Waals surface area contributed by atoms with Crippen LogP contribution in [0.15, 0.2) is 17.6 Å². The van der Waals surface area contributed by atoms with E-state index in [2.05, 4.69) is 0 Å². The van der Waals surface area contributed by atoms with Gasteiger partial charge in [0.2, 0.25) is 0 Å². The summed E-state index contributed by atoms with van der Waals surface area (Å²) >= 11 is 1.47. The van der Waals surface area contributed by atoms with Crippen LogP contribution in [0, 0.1) is 0 Å². The van der Waals surface area contributed by atoms with E-state index >= 15 is 0 Å². The Morgan fingerprint density at radius 2 is 2.40 bits per heavy atom. The summed E-state index contributed by atoms with van der Waals surface area (Å²) in [6.45, 7) is 0. The molecule has 0 aliphatic rings. The maximum Gasteiger partial charge on any atom is 0.141 e. The molecule has 0 radical (unpaired) electrons. The predicted molar refractivity (Wildman–Crippen MR) is 41.4 cm³/mol. The van der Waals surface area contributed by atoms with Crippen LogP contribution in [0.1, 0.15) is 0 Å². The molecule has 0 atom stereocenters. The Labute approximate surface area is 61.3 Å². The molecule has 0 fully saturated rings. The van der Waals surface area contributed by atoms with Crippen molar-refractivity contribution in [2.75, 3.05) is 5.73 Å². The molecule has 0 saturated carbocycles. The zero-order valence-electron chi connectivity index (χ0n) is 5.11. The zero-order valence-corrected chi connectivity index (χ0v) is 5.93. The number of nitrogens with two attached hydrogens (primary N) is 1. The van der Waals surface area contributed by atoms with E-state index in [-0.39, 0.29) is 0 Å². The molecule has 4 heteroatoms. The molecule has 0 spiro atoms. The van der Waals surface area contributed by atoms with Gasteiger partial charge < -0.3 is 10.9 Å². The molecular formula is C6H6N2OS. The monoisotopic (exact) mass is 154 g/mol. The van der Waals surface area contributed by atoms with E-state index in [1.165, 1.54) is 17.5 Å². The van der Waals surface area contributed by atoms with Gasteiger partial charge in [-0.3, -0.25) is 0 Å². The summed E-state index contributed by atoms with van der Waals surface area (Å²) < 4.78 is 1.05. The molecule has 0 aromatic carbocycles. The van der Waals surface area contributed by atoms with Crippen LogP contribution in [-0.2, 0) is 0 Å². The molecule has 0 aliphatic heterocycles. The number of hydrogen-bond donors (Lipinski definition) is 2. The van der Waals surface area contributed by atoms with Crippen molar-refractivity contribution in [3.8, 4) is 0 Å². The standard InChI is InChI=1S/C6H6N2OS/c7-5-3-8(9)6-4(5)1-2-10-6/h1-3,9H,7H2. The first kappa shape index (κ1) is 5.61. The number of nitrogens with zero attached hydrogens (tertiary/aromatic N) is 1. The summed E-state index contributed by atoms with van der Waals surface area (Å²) in [5, 5.41) is 11.9. The Kier molecular flexibility index (Phi) is 0.935. The lowest BCUT2D eigenvalue weighted by Crippen LogP contribution is -1.83. The molecule has 0 aliphatic carbocycles. The van der Waals surface area contributed by atoms with E-state index in [0.29, 0.717) is 5.69 Å². The number of rotatable bonds is 0. The number of hydrogen-bond acceptors (Lipinski definition) is 3. The Morgan fingerprint density at radius 3 is 3.10 bits per heavy atom. The fraction of sp³-hybridized carbons (Fsp3) is 0. The Hall–Kier alpha value is -1.16. The third kappa shape index (κ3) is 0.537. The van der Waals surface area contributed by atoms with Gasteiger partial charge in [0.15, 0.2) is 0 Å². The highest BCUT2D eigenvalue weighted by Gasteiger charge is 2.04. The van der Waals surface area contributed by atoms with E-state index < -0.39 is 0 Å². The van der Waals surface area contributed by atoms with Crippen molar-refractivity contribution < 1.29 is 5.21 Å². The van der Waals surface area contributed by atoms with Crippen molar-refractivity contribution in [1.82, 2.24) is 4.73 Å². The largest absolute Gasteiger partial charge is 0.428 e. The minimum Gasteiger partial charge on any atom is -0.428 e. The molecule has 10 heavy (non-hydrogen) atoms. The second-order valence-corrected chi connectivity index (χ2v) is 2.96. The van der Waals surface area contributed by atoms with Crippen LogP contribution in [-0.4, -0.2) is 9.94 Å². The molecule has 0 bridgehead atoms. The topological polar surface area (TPSA) is 51.2 Å². The highest BCUT2D eigenvalue weighted by Crippen LogP contribution is 2.26. The second-order valence-electron chi connectivity index (χ2n) is 2.07. The Bertz CT molecular complexity index is 331. The van der Waals surface area contributed by atoms with Gasteiger partial charge in [0.1, 0.15) is 4.83 Å². The first-order chi connectivity index (χ1) is 4.79. The van der Waals surface area contributed by atoms with E-state index in [1.807, 2.05) is 11.4 Å². The van der Waals surface area contributed by atoms with Crippen LogP contribution < -0.4 is 5.73 Å². The van der Waals surface area contributed by atoms with Crippen molar-refractivity contribution >= 4 is 27.2 Å². The summed E-state index contributed by atoms with van der Waals surface area (Å²) in [5.74, 6) is 0. The molecule has 0 amide bonds. The smallest absolute Gasteiger partial charge is 0.141 e. The lowest BCUT2D eigenvalue weighted by Gasteiger charge is -1.84. The van der Waals surface area contributed by atoms with Crippen LogP contribution in [0.3, 0.4) is 0 Å². The van der Waals surface area contributed by atoms with Crippen LogP contribution in [0.25, 0.3) is 10.2 Å². The third-order valence-electron chi connectivity index (χ3n) is 1.43. The predicted octanol–water partition coefficient (Wildman–Crippen LogP) is 1.52. The molecule has 52 valence electrons. The van der Waals surface area contributed by atoms with E-state index in [0.717, 1.165) is 14.9 Å². The fourth-order valence-corrected chi connectivity index (χ4v) is 1.76. The van der Waals surface area contributed by atoms with Gasteiger partial charge in [0, 0.05) is 5.39 Å². The van der Waals surface area contributed by atoms with E-state index in [4.69, 9.17) is 10.9 Å². The summed E-state index contributed by atoms with van der Waals surface area (Å²) in [7, 11) is 0. The summed E-state index contributed by atoms with van der Waals surface area (Å²) in [4.78, 5) is 0.803. The second kappa shape index (κ2) is 1.67. The number of aromatic nitrogens is 1. The van der Waals surface area contributed by atoms with Crippen LogP contribution in [0.5, 0.6) is 0 Å². The van der Waals surface area contributed by atoms with Gasteiger partial charge in [-0.25, -0.2) is 0 Å². The number of fused-ring (bicyclic) bond motifs is 1.